The molecule has 4 nitrogen and oxygen atoms in total. The highest BCUT2D eigenvalue weighted by Gasteiger charge is 2.22. The molecule has 21 heavy (non-hydrogen) atoms. The fraction of sp³-hybridized carbons (Fsp3) is 0.412. The first-order valence-electron chi connectivity index (χ1n) is 7.18. The summed E-state index contributed by atoms with van der Waals surface area (Å²) in [6.45, 7) is 7.46. The molecule has 0 aliphatic rings. The number of carbonyl (C=O) groups is 1. The van der Waals surface area contributed by atoms with E-state index in [0.29, 0.717) is 13.1 Å². The summed E-state index contributed by atoms with van der Waals surface area (Å²) < 4.78 is 0. The lowest BCUT2D eigenvalue weighted by Crippen LogP contribution is -2.42. The van der Waals surface area contributed by atoms with Crippen LogP contribution in [0.1, 0.15) is 32.9 Å². The number of hydrogen-bond donors (Lipinski definition) is 1. The Morgan fingerprint density at radius 1 is 1.19 bits per heavy atom. The molecule has 112 valence electrons. The summed E-state index contributed by atoms with van der Waals surface area (Å²) in [5.74, 6) is -0.768. The van der Waals surface area contributed by atoms with Crippen molar-refractivity contribution in [2.75, 3.05) is 6.54 Å². The third-order valence-electron chi connectivity index (χ3n) is 3.55. The van der Waals surface area contributed by atoms with Gasteiger partial charge in [-0.25, -0.2) is 0 Å². The van der Waals surface area contributed by atoms with Crippen LogP contribution in [-0.4, -0.2) is 33.0 Å². The zero-order valence-corrected chi connectivity index (χ0v) is 12.8. The van der Waals surface area contributed by atoms with Crippen molar-refractivity contribution in [1.29, 1.82) is 0 Å². The molecule has 0 bridgehead atoms. The van der Waals surface area contributed by atoms with Crippen LogP contribution in [-0.2, 0) is 11.3 Å². The Bertz CT molecular complexity index is 632. The van der Waals surface area contributed by atoms with Crippen LogP contribution in [0, 0.1) is 0 Å². The van der Waals surface area contributed by atoms with Crippen molar-refractivity contribution in [3.05, 3.63) is 42.1 Å². The van der Waals surface area contributed by atoms with Crippen LogP contribution >= 0.6 is 0 Å². The van der Waals surface area contributed by atoms with Crippen molar-refractivity contribution in [2.24, 2.45) is 0 Å². The highest BCUT2D eigenvalue weighted by molar-refractivity contribution is 5.78. The number of carboxylic acids is 1. The Kier molecular flexibility index (Phi) is 4.58. The maximum absolute atomic E-state index is 10.8. The average molecular weight is 286 g/mol. The van der Waals surface area contributed by atoms with Gasteiger partial charge in [-0.05, 0) is 32.9 Å². The molecule has 2 aromatic rings. The first-order valence-corrected chi connectivity index (χ1v) is 7.18. The third-order valence-corrected chi connectivity index (χ3v) is 3.55. The maximum atomic E-state index is 10.8. The summed E-state index contributed by atoms with van der Waals surface area (Å²) in [4.78, 5) is 17.6. The van der Waals surface area contributed by atoms with Crippen molar-refractivity contribution >= 4 is 16.9 Å². The number of hydrogen-bond acceptors (Lipinski definition) is 3. The third kappa shape index (κ3) is 4.26. The van der Waals surface area contributed by atoms with Crippen molar-refractivity contribution in [3.63, 3.8) is 0 Å². The van der Waals surface area contributed by atoms with E-state index in [2.05, 4.69) is 36.7 Å². The predicted octanol–water partition coefficient (Wildman–Crippen LogP) is 3.31. The number of pyridine rings is 1. The average Bonchev–Trinajstić information content (AvgIpc) is 2.41. The van der Waals surface area contributed by atoms with E-state index in [0.717, 1.165) is 16.6 Å². The number of nitrogens with zero attached hydrogens (tertiary/aromatic N) is 2. The minimum absolute atomic E-state index is 0.0945. The second kappa shape index (κ2) is 6.22. The van der Waals surface area contributed by atoms with Crippen LogP contribution in [0.5, 0.6) is 0 Å². The molecular formula is C17H22N2O2. The van der Waals surface area contributed by atoms with Crippen LogP contribution < -0.4 is 0 Å². The van der Waals surface area contributed by atoms with Crippen LogP contribution in [0.2, 0.25) is 0 Å². The van der Waals surface area contributed by atoms with Gasteiger partial charge in [0.2, 0.25) is 0 Å². The summed E-state index contributed by atoms with van der Waals surface area (Å²) in [5.41, 5.74) is 1.85. The zero-order chi connectivity index (χ0) is 15.5. The van der Waals surface area contributed by atoms with Gasteiger partial charge in [-0.1, -0.05) is 24.3 Å². The molecule has 2 rings (SSSR count). The molecule has 0 fully saturated rings. The Morgan fingerprint density at radius 2 is 1.90 bits per heavy atom. The van der Waals surface area contributed by atoms with E-state index in [1.807, 2.05) is 30.3 Å². The van der Waals surface area contributed by atoms with Crippen molar-refractivity contribution < 1.29 is 9.90 Å². The van der Waals surface area contributed by atoms with Crippen LogP contribution in [0.3, 0.4) is 0 Å². The highest BCUT2D eigenvalue weighted by Crippen LogP contribution is 2.19. The molecule has 0 atom stereocenters. The number of para-hydroxylation sites is 1. The lowest BCUT2D eigenvalue weighted by atomic mass is 10.0. The number of aromatic nitrogens is 1. The van der Waals surface area contributed by atoms with Gasteiger partial charge in [0.1, 0.15) is 0 Å². The fourth-order valence-corrected chi connectivity index (χ4v) is 2.27. The number of aliphatic carboxylic acids is 1. The Hall–Kier alpha value is -1.94. The van der Waals surface area contributed by atoms with E-state index < -0.39 is 5.97 Å². The van der Waals surface area contributed by atoms with Crippen molar-refractivity contribution in [1.82, 2.24) is 9.88 Å². The standard InChI is InChI=1S/C17H22N2O2/c1-17(2,3)19(11-10-16(20)21)12-14-9-8-13-6-4-5-7-15(13)18-14/h4-9H,10-12H2,1-3H3,(H,20,21). The minimum atomic E-state index is -0.768. The monoisotopic (exact) mass is 286 g/mol. The minimum Gasteiger partial charge on any atom is -0.481 e. The van der Waals surface area contributed by atoms with Gasteiger partial charge in [0.25, 0.3) is 0 Å². The molecule has 1 aromatic carbocycles. The quantitative estimate of drug-likeness (QED) is 0.916. The van der Waals surface area contributed by atoms with Gasteiger partial charge in [-0.3, -0.25) is 14.7 Å². The summed E-state index contributed by atoms with van der Waals surface area (Å²) in [6, 6.07) is 12.1. The smallest absolute Gasteiger partial charge is 0.304 e. The Morgan fingerprint density at radius 3 is 2.57 bits per heavy atom. The topological polar surface area (TPSA) is 53.4 Å². The summed E-state index contributed by atoms with van der Waals surface area (Å²) in [6.07, 6.45) is 0.144. The molecule has 1 aromatic heterocycles. The van der Waals surface area contributed by atoms with Gasteiger partial charge in [0.15, 0.2) is 0 Å². The van der Waals surface area contributed by atoms with E-state index in [9.17, 15) is 4.79 Å². The molecule has 1 N–H and O–H groups in total. The second-order valence-corrected chi connectivity index (χ2v) is 6.23. The molecule has 0 aliphatic heterocycles. The van der Waals surface area contributed by atoms with Crippen LogP contribution in [0.4, 0.5) is 0 Å². The molecular weight excluding hydrogens is 264 g/mol. The first kappa shape index (κ1) is 15.4. The number of carboxylic acid groups (broad SMARTS) is 1. The summed E-state index contributed by atoms with van der Waals surface area (Å²) in [5, 5.41) is 10.0. The molecule has 0 saturated heterocycles. The molecule has 4 heteroatoms. The van der Waals surface area contributed by atoms with Crippen LogP contribution in [0.15, 0.2) is 36.4 Å². The van der Waals surface area contributed by atoms with Crippen molar-refractivity contribution in [2.45, 2.75) is 39.3 Å². The normalized spacial score (nSPS) is 12.0. The Labute approximate surface area is 125 Å². The molecule has 1 heterocycles. The van der Waals surface area contributed by atoms with Gasteiger partial charge < -0.3 is 5.11 Å². The molecule has 0 spiro atoms. The SMILES string of the molecule is CC(C)(C)N(CCC(=O)O)Cc1ccc2ccccc2n1. The summed E-state index contributed by atoms with van der Waals surface area (Å²) in [7, 11) is 0. The van der Waals surface area contributed by atoms with E-state index in [1.54, 1.807) is 0 Å². The van der Waals surface area contributed by atoms with E-state index in [4.69, 9.17) is 5.11 Å². The second-order valence-electron chi connectivity index (χ2n) is 6.23. The van der Waals surface area contributed by atoms with E-state index in [1.165, 1.54) is 0 Å². The highest BCUT2D eigenvalue weighted by atomic mass is 16.4. The predicted molar refractivity (Wildman–Crippen MR) is 84.2 cm³/mol. The first-order chi connectivity index (χ1) is 9.86. The zero-order valence-electron chi connectivity index (χ0n) is 12.8. The molecule has 0 radical (unpaired) electrons. The molecule has 0 saturated carbocycles. The Balaban J connectivity index is 2.19. The summed E-state index contributed by atoms with van der Waals surface area (Å²) >= 11 is 0. The lowest BCUT2D eigenvalue weighted by Gasteiger charge is -2.35. The van der Waals surface area contributed by atoms with Crippen molar-refractivity contribution in [3.8, 4) is 0 Å². The van der Waals surface area contributed by atoms with Gasteiger partial charge in [-0.2, -0.15) is 0 Å². The van der Waals surface area contributed by atoms with Gasteiger partial charge in [-0.15, -0.1) is 0 Å². The molecule has 0 aliphatic carbocycles. The molecule has 0 amide bonds. The van der Waals surface area contributed by atoms with Crippen LogP contribution in [0.25, 0.3) is 10.9 Å². The maximum Gasteiger partial charge on any atom is 0.304 e. The lowest BCUT2D eigenvalue weighted by molar-refractivity contribution is -0.137. The van der Waals surface area contributed by atoms with Gasteiger partial charge in [0.05, 0.1) is 17.6 Å². The largest absolute Gasteiger partial charge is 0.481 e. The van der Waals surface area contributed by atoms with E-state index >= 15 is 0 Å². The number of rotatable bonds is 5. The fourth-order valence-electron chi connectivity index (χ4n) is 2.27. The van der Waals surface area contributed by atoms with Gasteiger partial charge >= 0.3 is 5.97 Å². The molecule has 0 unspecified atom stereocenters. The van der Waals surface area contributed by atoms with Gasteiger partial charge in [0, 0.05) is 24.0 Å². The van der Waals surface area contributed by atoms with E-state index in [-0.39, 0.29) is 12.0 Å². The number of fused-ring (bicyclic) bond motifs is 1. The number of benzene rings is 1.